The van der Waals surface area contributed by atoms with Crippen LogP contribution in [0.2, 0.25) is 0 Å². The van der Waals surface area contributed by atoms with Crippen LogP contribution in [0.3, 0.4) is 0 Å². The van der Waals surface area contributed by atoms with Gasteiger partial charge in [0.05, 0.1) is 25.9 Å². The molecule has 5 nitrogen and oxygen atoms in total. The van der Waals surface area contributed by atoms with Crippen LogP contribution < -0.4 is 4.74 Å². The second-order valence-electron chi connectivity index (χ2n) is 9.36. The predicted molar refractivity (Wildman–Crippen MR) is 135 cm³/mol. The topological polar surface area (TPSA) is 65.0 Å². The number of ether oxygens (including phenoxy) is 3. The number of unbranched alkanes of at least 4 members (excludes halogenated alkanes) is 1. The van der Waals surface area contributed by atoms with E-state index in [0.29, 0.717) is 38.8 Å². The first-order valence-electron chi connectivity index (χ1n) is 12.2. The van der Waals surface area contributed by atoms with Gasteiger partial charge in [-0.3, -0.25) is 4.79 Å². The van der Waals surface area contributed by atoms with E-state index in [0.717, 1.165) is 35.0 Å². The molecule has 0 unspecified atom stereocenters. The Morgan fingerprint density at radius 1 is 1.14 bits per heavy atom. The van der Waals surface area contributed by atoms with Crippen molar-refractivity contribution in [2.24, 2.45) is 11.8 Å². The Kier molecular flexibility index (Phi) is 8.98. The molecular formula is C28H32BrFO5. The van der Waals surface area contributed by atoms with Gasteiger partial charge >= 0.3 is 5.97 Å². The van der Waals surface area contributed by atoms with Gasteiger partial charge in [-0.05, 0) is 73.6 Å². The van der Waals surface area contributed by atoms with E-state index in [4.69, 9.17) is 19.3 Å². The molecule has 4 atom stereocenters. The van der Waals surface area contributed by atoms with Gasteiger partial charge in [-0.2, -0.15) is 0 Å². The zero-order chi connectivity index (χ0) is 24.7. The maximum Gasteiger partial charge on any atom is 0.303 e. The number of carboxylic acids is 1. The Morgan fingerprint density at radius 2 is 1.91 bits per heavy atom. The van der Waals surface area contributed by atoms with E-state index in [-0.39, 0.29) is 29.7 Å². The summed E-state index contributed by atoms with van der Waals surface area (Å²) >= 11 is 3.42. The number of aliphatic carboxylic acids is 1. The largest absolute Gasteiger partial charge is 0.491 e. The fraction of sp³-hybridized carbons (Fsp3) is 0.464. The van der Waals surface area contributed by atoms with Crippen LogP contribution in [0.15, 0.2) is 65.2 Å². The van der Waals surface area contributed by atoms with Crippen LogP contribution in [0.5, 0.6) is 5.75 Å². The van der Waals surface area contributed by atoms with E-state index in [9.17, 15) is 9.18 Å². The summed E-state index contributed by atoms with van der Waals surface area (Å²) in [4.78, 5) is 10.7. The highest BCUT2D eigenvalue weighted by Crippen LogP contribution is 2.56. The highest BCUT2D eigenvalue weighted by molar-refractivity contribution is 9.10. The van der Waals surface area contributed by atoms with Crippen molar-refractivity contribution >= 4 is 21.9 Å². The first-order chi connectivity index (χ1) is 17.0. The molecule has 1 N–H and O–H groups in total. The minimum Gasteiger partial charge on any atom is -0.491 e. The summed E-state index contributed by atoms with van der Waals surface area (Å²) in [6.45, 7) is 2.16. The third kappa shape index (κ3) is 6.51. The first-order valence-corrected chi connectivity index (χ1v) is 13.0. The first kappa shape index (κ1) is 25.9. The molecule has 2 fully saturated rings. The van der Waals surface area contributed by atoms with Gasteiger partial charge in [-0.1, -0.05) is 40.2 Å². The summed E-state index contributed by atoms with van der Waals surface area (Å²) in [5.74, 6) is 0.334. The Balaban J connectivity index is 1.37. The summed E-state index contributed by atoms with van der Waals surface area (Å²) in [5.41, 5.74) is 0.956. The Labute approximate surface area is 214 Å². The number of fused-ring (bicyclic) bond motifs is 2. The molecule has 7 heteroatoms. The number of carbonyl (C=O) groups is 1. The molecule has 0 aromatic heterocycles. The highest BCUT2D eigenvalue weighted by Gasteiger charge is 2.59. The molecule has 2 aliphatic rings. The number of halogens is 2. The lowest BCUT2D eigenvalue weighted by Gasteiger charge is -2.39. The van der Waals surface area contributed by atoms with Gasteiger partial charge in [-0.15, -0.1) is 0 Å². The summed E-state index contributed by atoms with van der Waals surface area (Å²) < 4.78 is 32.7. The van der Waals surface area contributed by atoms with Crippen molar-refractivity contribution in [1.29, 1.82) is 0 Å². The highest BCUT2D eigenvalue weighted by atomic mass is 79.9. The number of carboxylic acid groups (broad SMARTS) is 1. The zero-order valence-corrected chi connectivity index (χ0v) is 21.3. The van der Waals surface area contributed by atoms with Gasteiger partial charge in [0.2, 0.25) is 0 Å². The van der Waals surface area contributed by atoms with E-state index in [1.165, 1.54) is 12.1 Å². The quantitative estimate of drug-likeness (QED) is 0.241. The number of rotatable bonds is 13. The Hall–Kier alpha value is -2.22. The molecule has 2 bridgehead atoms. The van der Waals surface area contributed by atoms with Crippen LogP contribution in [-0.2, 0) is 19.7 Å². The van der Waals surface area contributed by atoms with E-state index in [2.05, 4.69) is 28.1 Å². The van der Waals surface area contributed by atoms with Gasteiger partial charge in [0.25, 0.3) is 0 Å². The Bertz CT molecular complexity index is 993. The lowest BCUT2D eigenvalue weighted by Crippen LogP contribution is -2.41. The summed E-state index contributed by atoms with van der Waals surface area (Å²) in [6, 6.07) is 14.5. The molecular weight excluding hydrogens is 515 g/mol. The van der Waals surface area contributed by atoms with Crippen LogP contribution in [0.25, 0.3) is 0 Å². The SMILES string of the molecule is O=C(O)CCC/C=C\C[C@H]1[C@H](COCCOc2ccc(Br)cc2)[C@@H]2C[C@@]1(c1ccc(F)cc1)CO2. The third-order valence-electron chi connectivity index (χ3n) is 7.18. The number of benzene rings is 2. The number of hydrogen-bond donors (Lipinski definition) is 1. The van der Waals surface area contributed by atoms with E-state index in [1.54, 1.807) is 0 Å². The minimum atomic E-state index is -0.764. The van der Waals surface area contributed by atoms with E-state index < -0.39 is 5.97 Å². The van der Waals surface area contributed by atoms with Crippen LogP contribution in [-0.4, -0.2) is 43.6 Å². The van der Waals surface area contributed by atoms with Crippen molar-refractivity contribution in [3.63, 3.8) is 0 Å². The molecule has 1 aliphatic heterocycles. The number of allylic oxidation sites excluding steroid dienone is 2. The average molecular weight is 547 g/mol. The lowest BCUT2D eigenvalue weighted by molar-refractivity contribution is -0.137. The molecule has 0 radical (unpaired) electrons. The molecule has 1 saturated heterocycles. The maximum absolute atomic E-state index is 13.6. The monoisotopic (exact) mass is 546 g/mol. The van der Waals surface area contributed by atoms with Crippen LogP contribution in [0, 0.1) is 17.7 Å². The van der Waals surface area contributed by atoms with Crippen molar-refractivity contribution in [3.8, 4) is 5.75 Å². The summed E-state index contributed by atoms with van der Waals surface area (Å²) in [6.07, 6.45) is 7.68. The van der Waals surface area contributed by atoms with Crippen molar-refractivity contribution < 1.29 is 28.5 Å². The normalized spacial score (nSPS) is 25.4. The molecule has 1 saturated carbocycles. The Morgan fingerprint density at radius 3 is 2.66 bits per heavy atom. The van der Waals surface area contributed by atoms with Crippen molar-refractivity contribution in [3.05, 3.63) is 76.5 Å². The molecule has 0 amide bonds. The van der Waals surface area contributed by atoms with Gasteiger partial charge in [0.1, 0.15) is 18.2 Å². The molecule has 4 rings (SSSR count). The lowest BCUT2D eigenvalue weighted by atomic mass is 9.69. The van der Waals surface area contributed by atoms with Crippen LogP contribution in [0.4, 0.5) is 4.39 Å². The van der Waals surface area contributed by atoms with Gasteiger partial charge in [-0.25, -0.2) is 4.39 Å². The molecule has 188 valence electrons. The fourth-order valence-corrected chi connectivity index (χ4v) is 5.72. The molecule has 2 aromatic rings. The second-order valence-corrected chi connectivity index (χ2v) is 10.3. The fourth-order valence-electron chi connectivity index (χ4n) is 5.46. The average Bonchev–Trinajstić information content (AvgIpc) is 3.41. The number of hydrogen-bond acceptors (Lipinski definition) is 4. The smallest absolute Gasteiger partial charge is 0.303 e. The molecule has 35 heavy (non-hydrogen) atoms. The van der Waals surface area contributed by atoms with Crippen LogP contribution in [0.1, 0.15) is 37.7 Å². The standard InChI is InChI=1S/C28H32BrFO5/c29-21-9-13-23(14-10-21)34-16-15-33-18-24-25(5-3-1-2-4-6-27(31)32)28(17-26(24)35-19-28)20-7-11-22(30)12-8-20/h1,3,7-14,24-26H,2,4-6,15-19H2,(H,31,32)/b3-1-/t24-,25-,26-,28-/m0/s1. The zero-order valence-electron chi connectivity index (χ0n) is 19.7. The van der Waals surface area contributed by atoms with Gasteiger partial charge < -0.3 is 19.3 Å². The second kappa shape index (κ2) is 12.2. The van der Waals surface area contributed by atoms with Gasteiger partial charge in [0, 0.05) is 22.2 Å². The maximum atomic E-state index is 13.6. The molecule has 0 spiro atoms. The van der Waals surface area contributed by atoms with Crippen molar-refractivity contribution in [1.82, 2.24) is 0 Å². The molecule has 1 heterocycles. The van der Waals surface area contributed by atoms with E-state index >= 15 is 0 Å². The van der Waals surface area contributed by atoms with Crippen molar-refractivity contribution in [2.75, 3.05) is 26.4 Å². The van der Waals surface area contributed by atoms with Gasteiger partial charge in [0.15, 0.2) is 0 Å². The summed E-state index contributed by atoms with van der Waals surface area (Å²) in [5, 5.41) is 8.84. The summed E-state index contributed by atoms with van der Waals surface area (Å²) in [7, 11) is 0. The molecule has 2 aromatic carbocycles. The minimum absolute atomic E-state index is 0.109. The predicted octanol–water partition coefficient (Wildman–Crippen LogP) is 6.16. The van der Waals surface area contributed by atoms with E-state index in [1.807, 2.05) is 36.4 Å². The van der Waals surface area contributed by atoms with Crippen LogP contribution >= 0.6 is 15.9 Å². The molecule has 1 aliphatic carbocycles. The van der Waals surface area contributed by atoms with Crippen molar-refractivity contribution in [2.45, 2.75) is 43.6 Å². The third-order valence-corrected chi connectivity index (χ3v) is 7.71.